The highest BCUT2D eigenvalue weighted by Gasteiger charge is 2.02. The third kappa shape index (κ3) is 1.68. The van der Waals surface area contributed by atoms with Crippen molar-refractivity contribution in [3.8, 4) is 0 Å². The first-order valence-electron chi connectivity index (χ1n) is 2.87. The maximum Gasteiger partial charge on any atom is 0.150 e. The van der Waals surface area contributed by atoms with Gasteiger partial charge >= 0.3 is 0 Å². The van der Waals surface area contributed by atoms with Crippen molar-refractivity contribution in [1.82, 2.24) is 0 Å². The summed E-state index contributed by atoms with van der Waals surface area (Å²) in [5.41, 5.74) is 0.167. The average Bonchev–Trinajstić information content (AvgIpc) is 1.99. The molecule has 2 nitrogen and oxygen atoms in total. The summed E-state index contributed by atoms with van der Waals surface area (Å²) in [6.45, 7) is 0. The maximum atomic E-state index is 12.9. The molecule has 1 rings (SSSR count). The van der Waals surface area contributed by atoms with E-state index in [1.807, 2.05) is 0 Å². The average molecular weight is 174 g/mol. The fourth-order valence-electron chi connectivity index (χ4n) is 0.682. The molecule has 4 heteroatoms. The van der Waals surface area contributed by atoms with Gasteiger partial charge in [0.15, 0.2) is 5.82 Å². The van der Waals surface area contributed by atoms with E-state index in [1.165, 1.54) is 12.1 Å². The first-order valence-corrected chi connectivity index (χ1v) is 3.25. The molecule has 0 unspecified atom stereocenters. The molecule has 0 fully saturated rings. The van der Waals surface area contributed by atoms with Gasteiger partial charge in [0.05, 0.1) is 11.2 Å². The lowest BCUT2D eigenvalue weighted by molar-refractivity contribution is 0.321. The van der Waals surface area contributed by atoms with E-state index in [4.69, 9.17) is 16.8 Å². The minimum absolute atomic E-state index is 0.0161. The topological polar surface area (TPSA) is 32.6 Å². The van der Waals surface area contributed by atoms with Crippen LogP contribution in [0.4, 0.5) is 4.39 Å². The standard InChI is InChI=1S/C7H5ClFNO/c8-6-3-1-2-5(4-10-11)7(6)9/h1-4,11H. The normalized spacial score (nSPS) is 10.7. The van der Waals surface area contributed by atoms with Crippen LogP contribution in [-0.2, 0) is 0 Å². The zero-order valence-corrected chi connectivity index (χ0v) is 6.22. The summed E-state index contributed by atoms with van der Waals surface area (Å²) in [4.78, 5) is 0. The molecule has 0 aliphatic heterocycles. The van der Waals surface area contributed by atoms with Crippen molar-refractivity contribution in [1.29, 1.82) is 0 Å². The lowest BCUT2D eigenvalue weighted by atomic mass is 10.2. The predicted molar refractivity (Wildman–Crippen MR) is 40.8 cm³/mol. The van der Waals surface area contributed by atoms with Crippen LogP contribution in [0.2, 0.25) is 5.02 Å². The molecule has 11 heavy (non-hydrogen) atoms. The highest BCUT2D eigenvalue weighted by Crippen LogP contribution is 2.15. The SMILES string of the molecule is ON=Cc1cccc(Cl)c1F. The molecule has 0 spiro atoms. The summed E-state index contributed by atoms with van der Waals surface area (Å²) in [6, 6.07) is 4.45. The molecule has 0 saturated carbocycles. The van der Waals surface area contributed by atoms with Crippen molar-refractivity contribution in [2.24, 2.45) is 5.16 Å². The number of rotatable bonds is 1. The van der Waals surface area contributed by atoms with Crippen LogP contribution in [0.15, 0.2) is 23.4 Å². The second kappa shape index (κ2) is 3.34. The Labute approximate surface area is 67.9 Å². The first kappa shape index (κ1) is 8.01. The van der Waals surface area contributed by atoms with E-state index in [1.54, 1.807) is 6.07 Å². The molecule has 0 saturated heterocycles. The molecule has 58 valence electrons. The third-order valence-corrected chi connectivity index (χ3v) is 1.47. The largest absolute Gasteiger partial charge is 0.411 e. The zero-order chi connectivity index (χ0) is 8.27. The molecule has 1 N–H and O–H groups in total. The highest BCUT2D eigenvalue weighted by molar-refractivity contribution is 6.31. The van der Waals surface area contributed by atoms with Crippen LogP contribution < -0.4 is 0 Å². The smallest absolute Gasteiger partial charge is 0.150 e. The van der Waals surface area contributed by atoms with Crippen molar-refractivity contribution in [2.75, 3.05) is 0 Å². The van der Waals surface area contributed by atoms with Gasteiger partial charge in [-0.25, -0.2) is 4.39 Å². The van der Waals surface area contributed by atoms with Gasteiger partial charge in [-0.3, -0.25) is 0 Å². The minimum atomic E-state index is -0.577. The van der Waals surface area contributed by atoms with Gasteiger partial charge in [0, 0.05) is 5.56 Å². The van der Waals surface area contributed by atoms with E-state index in [0.29, 0.717) is 0 Å². The van der Waals surface area contributed by atoms with Crippen molar-refractivity contribution in [3.63, 3.8) is 0 Å². The van der Waals surface area contributed by atoms with Gasteiger partial charge in [-0.1, -0.05) is 28.9 Å². The molecule has 0 radical (unpaired) electrons. The first-order chi connectivity index (χ1) is 5.25. The molecule has 0 amide bonds. The molecule has 0 aliphatic rings. The minimum Gasteiger partial charge on any atom is -0.411 e. The number of oxime groups is 1. The Morgan fingerprint density at radius 1 is 1.55 bits per heavy atom. The summed E-state index contributed by atoms with van der Waals surface area (Å²) in [6.07, 6.45) is 0.987. The predicted octanol–water partition coefficient (Wildman–Crippen LogP) is 2.29. The van der Waals surface area contributed by atoms with Gasteiger partial charge in [0.2, 0.25) is 0 Å². The van der Waals surface area contributed by atoms with Crippen LogP contribution in [-0.4, -0.2) is 11.4 Å². The van der Waals surface area contributed by atoms with Crippen LogP contribution in [0.3, 0.4) is 0 Å². The van der Waals surface area contributed by atoms with Gasteiger partial charge in [0.25, 0.3) is 0 Å². The second-order valence-corrected chi connectivity index (χ2v) is 2.29. The summed E-state index contributed by atoms with van der Waals surface area (Å²) >= 11 is 5.43. The van der Waals surface area contributed by atoms with E-state index in [0.717, 1.165) is 6.21 Å². The van der Waals surface area contributed by atoms with Gasteiger partial charge in [-0.2, -0.15) is 0 Å². The van der Waals surface area contributed by atoms with Crippen molar-refractivity contribution in [2.45, 2.75) is 0 Å². The summed E-state index contributed by atoms with van der Waals surface area (Å²) < 4.78 is 12.9. The van der Waals surface area contributed by atoms with Crippen molar-refractivity contribution in [3.05, 3.63) is 34.6 Å². The number of hydrogen-bond donors (Lipinski definition) is 1. The molecular weight excluding hydrogens is 169 g/mol. The summed E-state index contributed by atoms with van der Waals surface area (Å²) in [5.74, 6) is -0.577. The number of halogens is 2. The quantitative estimate of drug-likeness (QED) is 0.395. The van der Waals surface area contributed by atoms with Gasteiger partial charge in [-0.05, 0) is 6.07 Å². The fourth-order valence-corrected chi connectivity index (χ4v) is 0.864. The molecule has 0 aliphatic carbocycles. The second-order valence-electron chi connectivity index (χ2n) is 1.89. The van der Waals surface area contributed by atoms with Crippen LogP contribution >= 0.6 is 11.6 Å². The number of nitrogens with zero attached hydrogens (tertiary/aromatic N) is 1. The lowest BCUT2D eigenvalue weighted by Crippen LogP contribution is -1.87. The monoisotopic (exact) mass is 173 g/mol. The van der Waals surface area contributed by atoms with Crippen molar-refractivity contribution < 1.29 is 9.60 Å². The third-order valence-electron chi connectivity index (χ3n) is 1.18. The Morgan fingerprint density at radius 2 is 2.27 bits per heavy atom. The van der Waals surface area contributed by atoms with Crippen LogP contribution in [0.1, 0.15) is 5.56 Å². The summed E-state index contributed by atoms with van der Waals surface area (Å²) in [7, 11) is 0. The van der Waals surface area contributed by atoms with Gasteiger partial charge < -0.3 is 5.21 Å². The van der Waals surface area contributed by atoms with Crippen LogP contribution in [0.25, 0.3) is 0 Å². The Kier molecular flexibility index (Phi) is 2.44. The zero-order valence-electron chi connectivity index (χ0n) is 5.46. The Bertz CT molecular complexity index is 288. The lowest BCUT2D eigenvalue weighted by Gasteiger charge is -1.95. The molecule has 0 aromatic heterocycles. The number of benzene rings is 1. The van der Waals surface area contributed by atoms with E-state index in [9.17, 15) is 4.39 Å². The number of hydrogen-bond acceptors (Lipinski definition) is 2. The molecule has 0 bridgehead atoms. The Hall–Kier alpha value is -1.09. The van der Waals surface area contributed by atoms with E-state index < -0.39 is 5.82 Å². The van der Waals surface area contributed by atoms with E-state index in [2.05, 4.69) is 5.16 Å². The fraction of sp³-hybridized carbons (Fsp3) is 0. The van der Waals surface area contributed by atoms with Gasteiger partial charge in [-0.15, -0.1) is 0 Å². The van der Waals surface area contributed by atoms with E-state index >= 15 is 0 Å². The van der Waals surface area contributed by atoms with Crippen LogP contribution in [0.5, 0.6) is 0 Å². The molecule has 0 heterocycles. The highest BCUT2D eigenvalue weighted by atomic mass is 35.5. The molecule has 1 aromatic carbocycles. The van der Waals surface area contributed by atoms with Gasteiger partial charge in [0.1, 0.15) is 0 Å². The maximum absolute atomic E-state index is 12.9. The van der Waals surface area contributed by atoms with E-state index in [-0.39, 0.29) is 10.6 Å². The van der Waals surface area contributed by atoms with Crippen molar-refractivity contribution >= 4 is 17.8 Å². The molecular formula is C7H5ClFNO. The van der Waals surface area contributed by atoms with Crippen LogP contribution in [0, 0.1) is 5.82 Å². The molecule has 0 atom stereocenters. The molecule has 1 aromatic rings. The summed E-state index contributed by atoms with van der Waals surface area (Å²) in [5, 5.41) is 10.8. The Balaban J connectivity index is 3.16. The Morgan fingerprint density at radius 3 is 2.91 bits per heavy atom.